The highest BCUT2D eigenvalue weighted by molar-refractivity contribution is 5.94. The molecule has 6 heteroatoms. The second-order valence-electron chi connectivity index (χ2n) is 7.60. The minimum Gasteiger partial charge on any atom is -0.545 e. The molecule has 0 fully saturated rings. The number of carboxylic acid groups (broad SMARTS) is 2. The Bertz CT molecular complexity index is 1380. The highest BCUT2D eigenvalue weighted by atomic mass is 19.1. The molecule has 5 rings (SSSR count). The first-order chi connectivity index (χ1) is 16.9. The summed E-state index contributed by atoms with van der Waals surface area (Å²) in [5, 5.41) is 23.3. The number of hydrogen-bond donors (Lipinski definition) is 2. The molecule has 0 heterocycles. The van der Waals surface area contributed by atoms with Crippen LogP contribution in [0.3, 0.4) is 0 Å². The Hall–Kier alpha value is -4.55. The van der Waals surface area contributed by atoms with Crippen LogP contribution in [0.15, 0.2) is 109 Å². The fourth-order valence-corrected chi connectivity index (χ4v) is 3.33. The quantitative estimate of drug-likeness (QED) is 0.411. The molecule has 5 nitrogen and oxygen atoms in total. The topological polar surface area (TPSA) is 105 Å². The summed E-state index contributed by atoms with van der Waals surface area (Å²) >= 11 is 0. The molecular weight excluding hydrogens is 445 g/mol. The van der Waals surface area contributed by atoms with Gasteiger partial charge in [0.1, 0.15) is 5.82 Å². The molecule has 0 atom stereocenters. The first-order valence-electron chi connectivity index (χ1n) is 10.8. The zero-order valence-corrected chi connectivity index (χ0v) is 18.9. The van der Waals surface area contributed by atoms with Crippen molar-refractivity contribution in [1.82, 2.24) is 0 Å². The van der Waals surface area contributed by atoms with E-state index < -0.39 is 11.9 Å². The maximum absolute atomic E-state index is 12.3. The van der Waals surface area contributed by atoms with Crippen LogP contribution in [-0.2, 0) is 6.54 Å². The average molecular weight is 470 g/mol. The lowest BCUT2D eigenvalue weighted by molar-refractivity contribution is -0.386. The van der Waals surface area contributed by atoms with Crippen molar-refractivity contribution in [3.05, 3.63) is 132 Å². The Balaban J connectivity index is 0.000000150. The normalized spacial score (nSPS) is 10.0. The highest BCUT2D eigenvalue weighted by Crippen LogP contribution is 2.16. The van der Waals surface area contributed by atoms with Gasteiger partial charge in [0.25, 0.3) is 0 Å². The molecule has 5 aromatic rings. The first kappa shape index (κ1) is 25.1. The molecule has 0 unspecified atom stereocenters. The summed E-state index contributed by atoms with van der Waals surface area (Å²) in [6.45, 7) is 0.651. The van der Waals surface area contributed by atoms with Crippen LogP contribution in [0.1, 0.15) is 26.3 Å². The zero-order valence-electron chi connectivity index (χ0n) is 18.9. The monoisotopic (exact) mass is 469 g/mol. The second kappa shape index (κ2) is 12.1. The van der Waals surface area contributed by atoms with Gasteiger partial charge in [-0.1, -0.05) is 78.9 Å². The van der Waals surface area contributed by atoms with Gasteiger partial charge >= 0.3 is 5.97 Å². The van der Waals surface area contributed by atoms with Gasteiger partial charge in [0.2, 0.25) is 0 Å². The molecule has 176 valence electrons. The van der Waals surface area contributed by atoms with E-state index in [4.69, 9.17) is 5.11 Å². The van der Waals surface area contributed by atoms with Gasteiger partial charge in [-0.15, -0.1) is 0 Å². The minimum atomic E-state index is -1.13. The Labute approximate surface area is 201 Å². The maximum Gasteiger partial charge on any atom is 0.335 e. The van der Waals surface area contributed by atoms with E-state index in [1.54, 1.807) is 36.4 Å². The largest absolute Gasteiger partial charge is 0.545 e. The number of fused-ring (bicyclic) bond motifs is 2. The third kappa shape index (κ3) is 7.22. The number of benzene rings is 5. The third-order valence-electron chi connectivity index (χ3n) is 5.16. The van der Waals surface area contributed by atoms with Crippen molar-refractivity contribution in [2.75, 3.05) is 0 Å². The number of hydrogen-bond acceptors (Lipinski definition) is 3. The van der Waals surface area contributed by atoms with Gasteiger partial charge in [-0.3, -0.25) is 0 Å². The van der Waals surface area contributed by atoms with E-state index in [-0.39, 0.29) is 11.4 Å². The summed E-state index contributed by atoms with van der Waals surface area (Å²) in [5.74, 6) is -2.20. The van der Waals surface area contributed by atoms with E-state index in [1.165, 1.54) is 12.1 Å². The van der Waals surface area contributed by atoms with Crippen molar-refractivity contribution in [3.8, 4) is 0 Å². The molecule has 0 aromatic heterocycles. The van der Waals surface area contributed by atoms with E-state index in [9.17, 15) is 19.1 Å². The van der Waals surface area contributed by atoms with Crippen LogP contribution >= 0.6 is 0 Å². The first-order valence-corrected chi connectivity index (χ1v) is 10.8. The minimum absolute atomic E-state index is 0.184. The molecule has 0 saturated carbocycles. The van der Waals surface area contributed by atoms with E-state index in [2.05, 4.69) is 5.73 Å². The molecule has 0 bridgehead atoms. The lowest BCUT2D eigenvalue weighted by atomic mass is 10.1. The van der Waals surface area contributed by atoms with Gasteiger partial charge in [0.15, 0.2) is 0 Å². The Morgan fingerprint density at radius 3 is 1.66 bits per heavy atom. The maximum atomic E-state index is 12.3. The average Bonchev–Trinajstić information content (AvgIpc) is 2.88. The van der Waals surface area contributed by atoms with E-state index >= 15 is 0 Å². The fraction of sp³-hybridized carbons (Fsp3) is 0.0345. The second-order valence-corrected chi connectivity index (χ2v) is 7.60. The van der Waals surface area contributed by atoms with Crippen molar-refractivity contribution in [2.24, 2.45) is 0 Å². The summed E-state index contributed by atoms with van der Waals surface area (Å²) < 4.78 is 12.3. The molecule has 0 amide bonds. The number of aromatic carboxylic acids is 2. The van der Waals surface area contributed by atoms with Crippen molar-refractivity contribution in [2.45, 2.75) is 6.54 Å². The molecule has 4 N–H and O–H groups in total. The Morgan fingerprint density at radius 1 is 0.686 bits per heavy atom. The molecule has 0 radical (unpaired) electrons. The molecule has 0 aliphatic carbocycles. The molecule has 0 aliphatic heterocycles. The SMILES string of the molecule is O=C(O)c1ccc2ccccc2c1.O=C([O-])c1ccc2ccccc2c1.[NH3+]Cc1cccc(F)c1. The summed E-state index contributed by atoms with van der Waals surface area (Å²) in [4.78, 5) is 21.2. The van der Waals surface area contributed by atoms with E-state index in [0.717, 1.165) is 27.1 Å². The van der Waals surface area contributed by atoms with E-state index in [1.807, 2.05) is 60.7 Å². The van der Waals surface area contributed by atoms with Gasteiger partial charge in [-0.2, -0.15) is 0 Å². The summed E-state index contributed by atoms with van der Waals surface area (Å²) in [7, 11) is 0. The molecule has 0 aliphatic rings. The van der Waals surface area contributed by atoms with Gasteiger partial charge in [-0.25, -0.2) is 9.18 Å². The van der Waals surface area contributed by atoms with Crippen molar-refractivity contribution >= 4 is 33.5 Å². The predicted octanol–water partition coefficient (Wildman–Crippen LogP) is 4.31. The third-order valence-corrected chi connectivity index (χ3v) is 5.16. The number of carboxylic acids is 2. The number of halogens is 1. The summed E-state index contributed by atoms with van der Waals surface area (Å²) in [6, 6.07) is 31.8. The van der Waals surface area contributed by atoms with Crippen LogP contribution < -0.4 is 10.8 Å². The number of rotatable bonds is 3. The van der Waals surface area contributed by atoms with Crippen molar-refractivity contribution in [3.63, 3.8) is 0 Å². The molecule has 5 aromatic carbocycles. The predicted molar refractivity (Wildman–Crippen MR) is 132 cm³/mol. The van der Waals surface area contributed by atoms with E-state index in [0.29, 0.717) is 12.1 Å². The van der Waals surface area contributed by atoms with Crippen LogP contribution in [0.5, 0.6) is 0 Å². The van der Waals surface area contributed by atoms with Gasteiger partial charge in [0.05, 0.1) is 18.1 Å². The van der Waals surface area contributed by atoms with Crippen LogP contribution in [0.2, 0.25) is 0 Å². The van der Waals surface area contributed by atoms with Gasteiger partial charge in [-0.05, 0) is 57.4 Å². The number of carbonyl (C=O) groups excluding carboxylic acids is 1. The van der Waals surface area contributed by atoms with Crippen LogP contribution in [0, 0.1) is 5.82 Å². The van der Waals surface area contributed by atoms with Gasteiger partial charge in [0, 0.05) is 5.56 Å². The van der Waals surface area contributed by atoms with Crippen molar-refractivity contribution in [1.29, 1.82) is 0 Å². The lowest BCUT2D eigenvalue weighted by Gasteiger charge is -2.03. The fourth-order valence-electron chi connectivity index (χ4n) is 3.33. The van der Waals surface area contributed by atoms with Crippen molar-refractivity contribution < 1.29 is 29.9 Å². The molecule has 35 heavy (non-hydrogen) atoms. The summed E-state index contributed by atoms with van der Waals surface area (Å²) in [5.41, 5.74) is 5.12. The smallest absolute Gasteiger partial charge is 0.335 e. The van der Waals surface area contributed by atoms with Crippen LogP contribution in [0.4, 0.5) is 4.39 Å². The highest BCUT2D eigenvalue weighted by Gasteiger charge is 2.02. The van der Waals surface area contributed by atoms with Crippen LogP contribution in [-0.4, -0.2) is 17.0 Å². The zero-order chi connectivity index (χ0) is 25.2. The molecule has 0 saturated heterocycles. The summed E-state index contributed by atoms with van der Waals surface area (Å²) in [6.07, 6.45) is 0. The molecule has 0 spiro atoms. The lowest BCUT2D eigenvalue weighted by Crippen LogP contribution is -2.47. The Morgan fingerprint density at radius 2 is 1.20 bits per heavy atom. The Kier molecular flexibility index (Phi) is 8.65. The van der Waals surface area contributed by atoms with Crippen LogP contribution in [0.25, 0.3) is 21.5 Å². The van der Waals surface area contributed by atoms with Gasteiger partial charge < -0.3 is 20.7 Å². The number of quaternary nitrogens is 1. The number of carbonyl (C=O) groups is 2. The molecular formula is C29H24FNO4. The standard InChI is InChI=1S/2C11H8O2.C7H8FN/c2*12-11(13)10-6-5-8-3-1-2-4-9(8)7-10;8-7-3-1-2-6(4-7)5-9/h2*1-7H,(H,12,13);1-4H,5,9H2.